The van der Waals surface area contributed by atoms with Gasteiger partial charge in [0.25, 0.3) is 5.91 Å². The minimum atomic E-state index is -0.220. The molecule has 6 nitrogen and oxygen atoms in total. The number of fused-ring (bicyclic) bond motifs is 1. The summed E-state index contributed by atoms with van der Waals surface area (Å²) in [6, 6.07) is 16.1. The third kappa shape index (κ3) is 4.67. The van der Waals surface area contributed by atoms with E-state index in [1.807, 2.05) is 18.2 Å². The Morgan fingerprint density at radius 3 is 2.52 bits per heavy atom. The van der Waals surface area contributed by atoms with Gasteiger partial charge in [-0.2, -0.15) is 0 Å². The van der Waals surface area contributed by atoms with E-state index in [0.717, 1.165) is 31.9 Å². The average Bonchev–Trinajstić information content (AvgIpc) is 3.52. The summed E-state index contributed by atoms with van der Waals surface area (Å²) in [5.41, 5.74) is 1.59. The van der Waals surface area contributed by atoms with E-state index in [1.165, 1.54) is 17.0 Å². The minimum Gasteiger partial charge on any atom is -0.454 e. The average molecular weight is 468 g/mol. The number of halogens is 1. The Balaban J connectivity index is 1.28. The van der Waals surface area contributed by atoms with E-state index in [9.17, 15) is 9.18 Å². The van der Waals surface area contributed by atoms with Crippen molar-refractivity contribution in [1.29, 1.82) is 0 Å². The van der Waals surface area contributed by atoms with Crippen molar-refractivity contribution < 1.29 is 18.7 Å². The molecule has 1 aromatic heterocycles. The maximum absolute atomic E-state index is 13.3. The summed E-state index contributed by atoms with van der Waals surface area (Å²) >= 11 is 1.71. The summed E-state index contributed by atoms with van der Waals surface area (Å²) in [7, 11) is 0. The lowest BCUT2D eigenvalue weighted by molar-refractivity contribution is 0.0890. The SMILES string of the molecule is C[C@@H](NC(=O)c1ccc2c(c1)OCO2)[C@H](c1cccs1)N1CCN(c2ccc(F)cc2)CC1. The third-order valence-corrected chi connectivity index (χ3v) is 7.14. The van der Waals surface area contributed by atoms with Crippen molar-refractivity contribution in [2.45, 2.75) is 19.0 Å². The van der Waals surface area contributed by atoms with Gasteiger partial charge >= 0.3 is 0 Å². The molecule has 0 aliphatic carbocycles. The number of nitrogens with zero attached hydrogens (tertiary/aromatic N) is 2. The smallest absolute Gasteiger partial charge is 0.251 e. The Kier molecular flexibility index (Phi) is 6.20. The molecule has 0 bridgehead atoms. The van der Waals surface area contributed by atoms with Crippen LogP contribution in [0.4, 0.5) is 10.1 Å². The van der Waals surface area contributed by atoms with Crippen LogP contribution in [-0.2, 0) is 0 Å². The molecule has 0 unspecified atom stereocenters. The largest absolute Gasteiger partial charge is 0.454 e. The zero-order chi connectivity index (χ0) is 22.8. The lowest BCUT2D eigenvalue weighted by Crippen LogP contribution is -2.52. The molecule has 1 amide bonds. The van der Waals surface area contributed by atoms with E-state index in [1.54, 1.807) is 29.5 Å². The Labute approximate surface area is 196 Å². The molecule has 1 saturated heterocycles. The summed E-state index contributed by atoms with van der Waals surface area (Å²) in [6.07, 6.45) is 0. The number of rotatable bonds is 6. The van der Waals surface area contributed by atoms with E-state index in [2.05, 4.69) is 33.5 Å². The van der Waals surface area contributed by atoms with Gasteiger partial charge in [0.1, 0.15) is 5.82 Å². The molecular weight excluding hydrogens is 441 g/mol. The number of anilines is 1. The van der Waals surface area contributed by atoms with Crippen LogP contribution >= 0.6 is 11.3 Å². The predicted molar refractivity (Wildman–Crippen MR) is 127 cm³/mol. The normalized spacial score (nSPS) is 17.6. The minimum absolute atomic E-state index is 0.0679. The van der Waals surface area contributed by atoms with Crippen molar-refractivity contribution in [3.05, 3.63) is 76.2 Å². The second-order valence-electron chi connectivity index (χ2n) is 8.29. The molecule has 33 heavy (non-hydrogen) atoms. The Hall–Kier alpha value is -3.10. The van der Waals surface area contributed by atoms with E-state index in [0.29, 0.717) is 17.1 Å². The van der Waals surface area contributed by atoms with Gasteiger partial charge in [0, 0.05) is 48.3 Å². The molecule has 2 aliphatic heterocycles. The van der Waals surface area contributed by atoms with Crippen LogP contribution in [-0.4, -0.2) is 49.8 Å². The van der Waals surface area contributed by atoms with E-state index < -0.39 is 0 Å². The first-order valence-corrected chi connectivity index (χ1v) is 11.9. The molecule has 2 aliphatic rings. The van der Waals surface area contributed by atoms with Gasteiger partial charge in [0.2, 0.25) is 6.79 Å². The first-order valence-electron chi connectivity index (χ1n) is 11.1. The first-order chi connectivity index (χ1) is 16.1. The molecule has 0 saturated carbocycles. The van der Waals surface area contributed by atoms with Crippen LogP contribution in [0.5, 0.6) is 11.5 Å². The van der Waals surface area contributed by atoms with Gasteiger partial charge < -0.3 is 19.7 Å². The molecule has 1 fully saturated rings. The quantitative estimate of drug-likeness (QED) is 0.586. The highest BCUT2D eigenvalue weighted by Gasteiger charge is 2.31. The number of thiophene rings is 1. The molecule has 5 rings (SSSR count). The first kappa shape index (κ1) is 21.7. The van der Waals surface area contributed by atoms with Crippen LogP contribution in [0.15, 0.2) is 60.0 Å². The fourth-order valence-corrected chi connectivity index (χ4v) is 5.48. The summed E-state index contributed by atoms with van der Waals surface area (Å²) in [5.74, 6) is 0.909. The summed E-state index contributed by atoms with van der Waals surface area (Å²) in [6.45, 7) is 5.63. The highest BCUT2D eigenvalue weighted by Crippen LogP contribution is 2.33. The summed E-state index contributed by atoms with van der Waals surface area (Å²) in [5, 5.41) is 5.27. The number of nitrogens with one attached hydrogen (secondary N) is 1. The number of hydrogen-bond acceptors (Lipinski definition) is 6. The van der Waals surface area contributed by atoms with Gasteiger partial charge in [-0.1, -0.05) is 6.07 Å². The number of carbonyl (C=O) groups is 1. The summed E-state index contributed by atoms with van der Waals surface area (Å²) < 4.78 is 24.0. The second kappa shape index (κ2) is 9.41. The lowest BCUT2D eigenvalue weighted by atomic mass is 10.0. The molecular formula is C25H26FN3O3S. The van der Waals surface area contributed by atoms with Crippen LogP contribution < -0.4 is 19.7 Å². The van der Waals surface area contributed by atoms with Crippen molar-refractivity contribution in [3.8, 4) is 11.5 Å². The number of piperazine rings is 1. The monoisotopic (exact) mass is 467 g/mol. The van der Waals surface area contributed by atoms with Crippen LogP contribution in [0.2, 0.25) is 0 Å². The molecule has 3 aromatic rings. The third-order valence-electron chi connectivity index (χ3n) is 6.20. The number of hydrogen-bond donors (Lipinski definition) is 1. The Bertz CT molecular complexity index is 1100. The van der Waals surface area contributed by atoms with Crippen LogP contribution in [0.3, 0.4) is 0 Å². The fraction of sp³-hybridized carbons (Fsp3) is 0.320. The topological polar surface area (TPSA) is 54.0 Å². The van der Waals surface area contributed by atoms with Crippen molar-refractivity contribution in [2.24, 2.45) is 0 Å². The van der Waals surface area contributed by atoms with Crippen molar-refractivity contribution in [3.63, 3.8) is 0 Å². The van der Waals surface area contributed by atoms with E-state index >= 15 is 0 Å². The number of carbonyl (C=O) groups excluding carboxylic acids is 1. The molecule has 8 heteroatoms. The Morgan fingerprint density at radius 2 is 1.79 bits per heavy atom. The maximum Gasteiger partial charge on any atom is 0.251 e. The molecule has 0 spiro atoms. The molecule has 172 valence electrons. The van der Waals surface area contributed by atoms with Crippen LogP contribution in [0.25, 0.3) is 0 Å². The number of benzene rings is 2. The standard InChI is InChI=1S/C25H26FN3O3S/c1-17(27-25(30)18-4-9-21-22(15-18)32-16-31-21)24(23-3-2-14-33-23)29-12-10-28(11-13-29)20-7-5-19(26)6-8-20/h2-9,14-15,17,24H,10-13,16H2,1H3,(H,27,30)/t17-,24-/m1/s1. The van der Waals surface area contributed by atoms with E-state index in [4.69, 9.17) is 9.47 Å². The van der Waals surface area contributed by atoms with Crippen molar-refractivity contribution >= 4 is 22.9 Å². The van der Waals surface area contributed by atoms with Crippen LogP contribution in [0, 0.1) is 5.82 Å². The highest BCUT2D eigenvalue weighted by atomic mass is 32.1. The maximum atomic E-state index is 13.3. The van der Waals surface area contributed by atoms with E-state index in [-0.39, 0.29) is 30.6 Å². The Morgan fingerprint density at radius 1 is 1.03 bits per heavy atom. The lowest BCUT2D eigenvalue weighted by Gasteiger charge is -2.42. The fourth-order valence-electron chi connectivity index (χ4n) is 4.52. The van der Waals surface area contributed by atoms with Crippen molar-refractivity contribution in [2.75, 3.05) is 37.9 Å². The van der Waals surface area contributed by atoms with Gasteiger partial charge in [-0.25, -0.2) is 4.39 Å². The number of amides is 1. The van der Waals surface area contributed by atoms with Gasteiger partial charge in [-0.3, -0.25) is 9.69 Å². The molecule has 1 N–H and O–H groups in total. The van der Waals surface area contributed by atoms with Gasteiger partial charge in [0.15, 0.2) is 11.5 Å². The molecule has 3 heterocycles. The van der Waals surface area contributed by atoms with Crippen LogP contribution in [0.1, 0.15) is 28.2 Å². The zero-order valence-electron chi connectivity index (χ0n) is 18.4. The molecule has 2 atom stereocenters. The van der Waals surface area contributed by atoms with Gasteiger partial charge in [-0.15, -0.1) is 11.3 Å². The second-order valence-corrected chi connectivity index (χ2v) is 9.27. The highest BCUT2D eigenvalue weighted by molar-refractivity contribution is 7.10. The number of ether oxygens (including phenoxy) is 2. The molecule has 0 radical (unpaired) electrons. The predicted octanol–water partition coefficient (Wildman–Crippen LogP) is 4.30. The van der Waals surface area contributed by atoms with Gasteiger partial charge in [0.05, 0.1) is 6.04 Å². The molecule has 2 aromatic carbocycles. The van der Waals surface area contributed by atoms with Gasteiger partial charge in [-0.05, 0) is 60.8 Å². The summed E-state index contributed by atoms with van der Waals surface area (Å²) in [4.78, 5) is 18.9. The van der Waals surface area contributed by atoms with Crippen molar-refractivity contribution in [1.82, 2.24) is 10.2 Å². The zero-order valence-corrected chi connectivity index (χ0v) is 19.2.